The molecule has 0 saturated heterocycles. The SMILES string of the molecule is Cc1cc(F)ccc1CC(N)CSC(C)C. The molecule has 0 fully saturated rings. The van der Waals surface area contributed by atoms with Gasteiger partial charge in [0.05, 0.1) is 0 Å². The highest BCUT2D eigenvalue weighted by molar-refractivity contribution is 7.99. The lowest BCUT2D eigenvalue weighted by Crippen LogP contribution is -2.26. The van der Waals surface area contributed by atoms with E-state index in [1.165, 1.54) is 6.07 Å². The van der Waals surface area contributed by atoms with E-state index in [0.717, 1.165) is 23.3 Å². The summed E-state index contributed by atoms with van der Waals surface area (Å²) in [6.07, 6.45) is 0.825. The third-order valence-corrected chi connectivity index (χ3v) is 3.72. The van der Waals surface area contributed by atoms with Crippen LogP contribution in [0.1, 0.15) is 25.0 Å². The predicted octanol–water partition coefficient (Wildman–Crippen LogP) is 3.15. The average Bonchev–Trinajstić information content (AvgIpc) is 2.19. The fraction of sp³-hybridized carbons (Fsp3) is 0.538. The first-order chi connectivity index (χ1) is 7.49. The minimum atomic E-state index is -0.175. The Morgan fingerprint density at radius 3 is 2.62 bits per heavy atom. The van der Waals surface area contributed by atoms with Gasteiger partial charge in [0.25, 0.3) is 0 Å². The minimum Gasteiger partial charge on any atom is -0.327 e. The van der Waals surface area contributed by atoms with E-state index in [1.54, 1.807) is 6.07 Å². The highest BCUT2D eigenvalue weighted by Crippen LogP contribution is 2.15. The highest BCUT2D eigenvalue weighted by Gasteiger charge is 2.08. The molecule has 1 nitrogen and oxygen atoms in total. The van der Waals surface area contributed by atoms with E-state index in [4.69, 9.17) is 5.73 Å². The van der Waals surface area contributed by atoms with Gasteiger partial charge in [0.1, 0.15) is 5.82 Å². The lowest BCUT2D eigenvalue weighted by molar-refractivity contribution is 0.624. The van der Waals surface area contributed by atoms with Crippen molar-refractivity contribution in [3.63, 3.8) is 0 Å². The van der Waals surface area contributed by atoms with E-state index in [1.807, 2.05) is 24.8 Å². The van der Waals surface area contributed by atoms with Crippen LogP contribution in [-0.4, -0.2) is 17.0 Å². The van der Waals surface area contributed by atoms with Gasteiger partial charge >= 0.3 is 0 Å². The normalized spacial score (nSPS) is 13.1. The fourth-order valence-corrected chi connectivity index (χ4v) is 2.30. The quantitative estimate of drug-likeness (QED) is 0.857. The molecule has 0 radical (unpaired) electrons. The van der Waals surface area contributed by atoms with E-state index >= 15 is 0 Å². The Hall–Kier alpha value is -0.540. The molecule has 0 spiro atoms. The molecule has 3 heteroatoms. The summed E-state index contributed by atoms with van der Waals surface area (Å²) in [5.41, 5.74) is 8.19. The van der Waals surface area contributed by atoms with Crippen LogP contribution in [-0.2, 0) is 6.42 Å². The molecule has 1 rings (SSSR count). The number of nitrogens with two attached hydrogens (primary N) is 1. The zero-order valence-electron chi connectivity index (χ0n) is 10.2. The second kappa shape index (κ2) is 6.26. The minimum absolute atomic E-state index is 0.150. The number of halogens is 1. The summed E-state index contributed by atoms with van der Waals surface area (Å²) in [6, 6.07) is 5.06. The first-order valence-corrected chi connectivity index (χ1v) is 6.66. The maximum absolute atomic E-state index is 12.9. The van der Waals surface area contributed by atoms with Crippen molar-refractivity contribution >= 4 is 11.8 Å². The molecule has 0 aliphatic heterocycles. The van der Waals surface area contributed by atoms with Crippen molar-refractivity contribution in [1.82, 2.24) is 0 Å². The standard InChI is InChI=1S/C13H20FNS/c1-9(2)16-8-13(15)7-11-4-5-12(14)6-10(11)3/h4-6,9,13H,7-8,15H2,1-3H3. The van der Waals surface area contributed by atoms with Crippen molar-refractivity contribution in [3.05, 3.63) is 35.1 Å². The molecule has 16 heavy (non-hydrogen) atoms. The second-order valence-corrected chi connectivity index (χ2v) is 6.03. The number of aryl methyl sites for hydroxylation is 1. The van der Waals surface area contributed by atoms with Gasteiger partial charge in [0.15, 0.2) is 0 Å². The monoisotopic (exact) mass is 241 g/mol. The Labute approximate surface area is 102 Å². The van der Waals surface area contributed by atoms with Crippen molar-refractivity contribution in [2.75, 3.05) is 5.75 Å². The zero-order chi connectivity index (χ0) is 12.1. The molecular weight excluding hydrogens is 221 g/mol. The topological polar surface area (TPSA) is 26.0 Å². The number of hydrogen-bond acceptors (Lipinski definition) is 2. The molecule has 1 aromatic rings. The lowest BCUT2D eigenvalue weighted by atomic mass is 10.0. The van der Waals surface area contributed by atoms with E-state index in [0.29, 0.717) is 5.25 Å². The average molecular weight is 241 g/mol. The van der Waals surface area contributed by atoms with E-state index in [-0.39, 0.29) is 11.9 Å². The van der Waals surface area contributed by atoms with E-state index in [9.17, 15) is 4.39 Å². The molecule has 1 atom stereocenters. The molecule has 0 bridgehead atoms. The summed E-state index contributed by atoms with van der Waals surface area (Å²) in [7, 11) is 0. The summed E-state index contributed by atoms with van der Waals surface area (Å²) in [4.78, 5) is 0. The van der Waals surface area contributed by atoms with Crippen LogP contribution in [0.25, 0.3) is 0 Å². The molecule has 0 aliphatic rings. The smallest absolute Gasteiger partial charge is 0.123 e. The zero-order valence-corrected chi connectivity index (χ0v) is 11.0. The Bertz CT molecular complexity index is 339. The van der Waals surface area contributed by atoms with Crippen LogP contribution in [0.2, 0.25) is 0 Å². The van der Waals surface area contributed by atoms with E-state index in [2.05, 4.69) is 13.8 Å². The Balaban J connectivity index is 2.52. The van der Waals surface area contributed by atoms with Crippen LogP contribution in [0.15, 0.2) is 18.2 Å². The number of thioether (sulfide) groups is 1. The largest absolute Gasteiger partial charge is 0.327 e. The molecule has 0 amide bonds. The number of hydrogen-bond donors (Lipinski definition) is 1. The van der Waals surface area contributed by atoms with Crippen LogP contribution in [0, 0.1) is 12.7 Å². The molecule has 1 unspecified atom stereocenters. The van der Waals surface area contributed by atoms with E-state index < -0.39 is 0 Å². The summed E-state index contributed by atoms with van der Waals surface area (Å²) in [6.45, 7) is 6.27. The maximum Gasteiger partial charge on any atom is 0.123 e. The van der Waals surface area contributed by atoms with Gasteiger partial charge in [-0.3, -0.25) is 0 Å². The third kappa shape index (κ3) is 4.54. The summed E-state index contributed by atoms with van der Waals surface area (Å²) < 4.78 is 12.9. The Morgan fingerprint density at radius 2 is 2.06 bits per heavy atom. The predicted molar refractivity (Wildman–Crippen MR) is 70.4 cm³/mol. The maximum atomic E-state index is 12.9. The van der Waals surface area contributed by atoms with Gasteiger partial charge in [-0.25, -0.2) is 4.39 Å². The second-order valence-electron chi connectivity index (χ2n) is 4.42. The van der Waals surface area contributed by atoms with Crippen molar-refractivity contribution in [3.8, 4) is 0 Å². The van der Waals surface area contributed by atoms with Gasteiger partial charge in [-0.1, -0.05) is 19.9 Å². The summed E-state index contributed by atoms with van der Waals surface area (Å²) in [5.74, 6) is 0.778. The molecule has 2 N–H and O–H groups in total. The molecule has 0 saturated carbocycles. The fourth-order valence-electron chi connectivity index (χ4n) is 1.55. The van der Waals surface area contributed by atoms with Gasteiger partial charge in [-0.2, -0.15) is 11.8 Å². The lowest BCUT2D eigenvalue weighted by Gasteiger charge is -2.14. The van der Waals surface area contributed by atoms with Crippen LogP contribution in [0.4, 0.5) is 4.39 Å². The van der Waals surface area contributed by atoms with Crippen molar-refractivity contribution in [2.24, 2.45) is 5.73 Å². The van der Waals surface area contributed by atoms with Crippen molar-refractivity contribution in [2.45, 2.75) is 38.5 Å². The molecule has 1 aromatic carbocycles. The molecule has 0 heterocycles. The van der Waals surface area contributed by atoms with Gasteiger partial charge in [-0.05, 0) is 41.9 Å². The summed E-state index contributed by atoms with van der Waals surface area (Å²) in [5, 5.41) is 0.611. The van der Waals surface area contributed by atoms with Crippen molar-refractivity contribution in [1.29, 1.82) is 0 Å². The Kier molecular flexibility index (Phi) is 5.29. The third-order valence-electron chi connectivity index (χ3n) is 2.43. The van der Waals surface area contributed by atoms with Crippen LogP contribution in [0.5, 0.6) is 0 Å². The first kappa shape index (κ1) is 13.5. The van der Waals surface area contributed by atoms with Gasteiger partial charge in [-0.15, -0.1) is 0 Å². The molecule has 0 aliphatic carbocycles. The van der Waals surface area contributed by atoms with Crippen LogP contribution >= 0.6 is 11.8 Å². The number of benzene rings is 1. The summed E-state index contributed by atoms with van der Waals surface area (Å²) >= 11 is 1.87. The highest BCUT2D eigenvalue weighted by atomic mass is 32.2. The van der Waals surface area contributed by atoms with Crippen LogP contribution < -0.4 is 5.73 Å². The molecule has 0 aromatic heterocycles. The first-order valence-electron chi connectivity index (χ1n) is 5.61. The van der Waals surface area contributed by atoms with Gasteiger partial charge < -0.3 is 5.73 Å². The molecular formula is C13H20FNS. The van der Waals surface area contributed by atoms with Crippen molar-refractivity contribution < 1.29 is 4.39 Å². The van der Waals surface area contributed by atoms with Crippen LogP contribution in [0.3, 0.4) is 0 Å². The van der Waals surface area contributed by atoms with Gasteiger partial charge in [0.2, 0.25) is 0 Å². The van der Waals surface area contributed by atoms with Gasteiger partial charge in [0, 0.05) is 11.8 Å². The number of rotatable bonds is 5. The molecule has 90 valence electrons. The Morgan fingerprint density at radius 1 is 1.38 bits per heavy atom.